The van der Waals surface area contributed by atoms with Gasteiger partial charge in [-0.2, -0.15) is 5.10 Å². The van der Waals surface area contributed by atoms with Gasteiger partial charge in [-0.15, -0.1) is 0 Å². The number of aromatic nitrogens is 2. The summed E-state index contributed by atoms with van der Waals surface area (Å²) in [6.45, 7) is 10.1. The van der Waals surface area contributed by atoms with Crippen molar-refractivity contribution in [1.82, 2.24) is 19.8 Å². The zero-order valence-electron chi connectivity index (χ0n) is 12.9. The van der Waals surface area contributed by atoms with E-state index in [1.54, 1.807) is 0 Å². The fourth-order valence-corrected chi connectivity index (χ4v) is 2.91. The minimum Gasteiger partial charge on any atom is -0.379 e. The fraction of sp³-hybridized carbons (Fsp3) is 0.562. The maximum absolute atomic E-state index is 5.43. The van der Waals surface area contributed by atoms with E-state index in [0.717, 1.165) is 39.4 Å². The Morgan fingerprint density at radius 1 is 1.29 bits per heavy atom. The van der Waals surface area contributed by atoms with Crippen LogP contribution >= 0.6 is 0 Å². The van der Waals surface area contributed by atoms with Crippen LogP contribution in [-0.2, 0) is 11.3 Å². The lowest BCUT2D eigenvalue weighted by atomic mass is 10.0. The van der Waals surface area contributed by atoms with E-state index in [9.17, 15) is 0 Å². The summed E-state index contributed by atoms with van der Waals surface area (Å²) < 4.78 is 7.35. The van der Waals surface area contributed by atoms with E-state index in [1.807, 2.05) is 23.0 Å². The highest BCUT2D eigenvalue weighted by Gasteiger charge is 2.27. The molecule has 1 saturated heterocycles. The van der Waals surface area contributed by atoms with E-state index in [0.29, 0.717) is 0 Å². The van der Waals surface area contributed by atoms with Gasteiger partial charge in [-0.1, -0.05) is 6.07 Å². The smallest absolute Gasteiger partial charge is 0.0706 e. The van der Waals surface area contributed by atoms with Crippen LogP contribution in [0, 0.1) is 0 Å². The first-order valence-electron chi connectivity index (χ1n) is 7.61. The van der Waals surface area contributed by atoms with Crippen molar-refractivity contribution in [3.63, 3.8) is 0 Å². The van der Waals surface area contributed by atoms with Gasteiger partial charge >= 0.3 is 0 Å². The zero-order chi connectivity index (χ0) is 14.7. The van der Waals surface area contributed by atoms with Crippen molar-refractivity contribution in [2.75, 3.05) is 32.8 Å². The highest BCUT2D eigenvalue weighted by Crippen LogP contribution is 2.16. The second-order valence-electron chi connectivity index (χ2n) is 6.22. The number of hydrogen-bond acceptors (Lipinski definition) is 4. The molecule has 0 amide bonds. The van der Waals surface area contributed by atoms with Crippen molar-refractivity contribution in [2.45, 2.75) is 25.9 Å². The monoisotopic (exact) mass is 288 g/mol. The largest absolute Gasteiger partial charge is 0.379 e. The second kappa shape index (κ2) is 6.13. The molecule has 21 heavy (non-hydrogen) atoms. The summed E-state index contributed by atoms with van der Waals surface area (Å²) in [5.74, 6) is 0. The Morgan fingerprint density at radius 3 is 2.90 bits per heavy atom. The van der Waals surface area contributed by atoms with Crippen molar-refractivity contribution in [2.24, 2.45) is 0 Å². The van der Waals surface area contributed by atoms with E-state index in [2.05, 4.69) is 41.3 Å². The lowest BCUT2D eigenvalue weighted by Crippen LogP contribution is -2.54. The van der Waals surface area contributed by atoms with E-state index in [1.165, 1.54) is 11.1 Å². The molecule has 0 unspecified atom stereocenters. The Kier molecular flexibility index (Phi) is 4.24. The van der Waals surface area contributed by atoms with Crippen LogP contribution in [0.2, 0.25) is 0 Å². The number of nitrogens with one attached hydrogen (secondary N) is 1. The highest BCUT2D eigenvalue weighted by molar-refractivity contribution is 5.53. The molecule has 3 rings (SSSR count). The lowest BCUT2D eigenvalue weighted by Gasteiger charge is -2.41. The number of nitrogens with zero attached hydrogens (tertiary/aromatic N) is 3. The quantitative estimate of drug-likeness (QED) is 0.906. The lowest BCUT2D eigenvalue weighted by molar-refractivity contribution is -0.00966. The van der Waals surface area contributed by atoms with E-state index in [4.69, 9.17) is 4.74 Å². The number of fused-ring (bicyclic) bond motifs is 1. The first-order valence-corrected chi connectivity index (χ1v) is 7.61. The van der Waals surface area contributed by atoms with Gasteiger partial charge in [0, 0.05) is 43.5 Å². The Balaban J connectivity index is 1.57. The molecule has 0 bridgehead atoms. The first-order chi connectivity index (χ1) is 10.2. The van der Waals surface area contributed by atoms with E-state index in [-0.39, 0.29) is 5.54 Å². The maximum Gasteiger partial charge on any atom is 0.0706 e. The van der Waals surface area contributed by atoms with Crippen molar-refractivity contribution < 1.29 is 4.74 Å². The number of morpholine rings is 1. The van der Waals surface area contributed by atoms with Crippen LogP contribution < -0.4 is 5.32 Å². The third-order valence-electron chi connectivity index (χ3n) is 4.25. The second-order valence-corrected chi connectivity index (χ2v) is 6.22. The van der Waals surface area contributed by atoms with Gasteiger partial charge in [-0.25, -0.2) is 4.52 Å². The minimum atomic E-state index is 0.146. The molecule has 5 heteroatoms. The topological polar surface area (TPSA) is 41.8 Å². The van der Waals surface area contributed by atoms with Gasteiger partial charge in [-0.05, 0) is 26.0 Å². The molecule has 0 aromatic carbocycles. The molecular weight excluding hydrogens is 264 g/mol. The molecule has 1 N–H and O–H groups in total. The summed E-state index contributed by atoms with van der Waals surface area (Å²) in [6.07, 6.45) is 3.93. The van der Waals surface area contributed by atoms with Gasteiger partial charge in [0.25, 0.3) is 0 Å². The van der Waals surface area contributed by atoms with Crippen molar-refractivity contribution in [3.05, 3.63) is 36.2 Å². The third-order valence-corrected chi connectivity index (χ3v) is 4.25. The molecule has 3 heterocycles. The van der Waals surface area contributed by atoms with Gasteiger partial charge in [-0.3, -0.25) is 4.90 Å². The SMILES string of the molecule is CC(C)(CNCc1cnn2ccccc12)N1CCOCC1. The predicted octanol–water partition coefficient (Wildman–Crippen LogP) is 1.53. The average Bonchev–Trinajstić information content (AvgIpc) is 2.92. The summed E-state index contributed by atoms with van der Waals surface area (Å²) in [5, 5.41) is 7.96. The Bertz CT molecular complexity index is 587. The van der Waals surface area contributed by atoms with Crippen LogP contribution in [0.4, 0.5) is 0 Å². The summed E-state index contributed by atoms with van der Waals surface area (Å²) in [6, 6.07) is 6.16. The molecule has 1 fully saturated rings. The molecule has 0 atom stereocenters. The summed E-state index contributed by atoms with van der Waals surface area (Å²) in [4.78, 5) is 2.50. The zero-order valence-corrected chi connectivity index (χ0v) is 12.9. The Morgan fingerprint density at radius 2 is 2.10 bits per heavy atom. The normalized spacial score (nSPS) is 17.4. The van der Waals surface area contributed by atoms with Crippen LogP contribution in [0.15, 0.2) is 30.6 Å². The van der Waals surface area contributed by atoms with Gasteiger partial charge in [0.15, 0.2) is 0 Å². The molecule has 0 aliphatic carbocycles. The Labute approximate surface area is 125 Å². The molecule has 1 aliphatic rings. The number of rotatable bonds is 5. The van der Waals surface area contributed by atoms with Crippen LogP contribution in [0.1, 0.15) is 19.4 Å². The fourth-order valence-electron chi connectivity index (χ4n) is 2.91. The molecule has 0 saturated carbocycles. The van der Waals surface area contributed by atoms with Crippen LogP contribution in [0.5, 0.6) is 0 Å². The predicted molar refractivity (Wildman–Crippen MR) is 83.4 cm³/mol. The molecule has 2 aromatic heterocycles. The van der Waals surface area contributed by atoms with Crippen LogP contribution in [0.3, 0.4) is 0 Å². The molecule has 5 nitrogen and oxygen atoms in total. The Hall–Kier alpha value is -1.43. The number of hydrogen-bond donors (Lipinski definition) is 1. The van der Waals surface area contributed by atoms with Crippen molar-refractivity contribution in [3.8, 4) is 0 Å². The van der Waals surface area contributed by atoms with Crippen molar-refractivity contribution >= 4 is 5.52 Å². The molecule has 114 valence electrons. The maximum atomic E-state index is 5.43. The number of pyridine rings is 1. The third kappa shape index (κ3) is 3.26. The summed E-state index contributed by atoms with van der Waals surface area (Å²) >= 11 is 0. The van der Waals surface area contributed by atoms with Crippen LogP contribution in [-0.4, -0.2) is 52.9 Å². The standard InChI is InChI=1S/C16H24N4O/c1-16(2,19-7-9-21-10-8-19)13-17-11-14-12-18-20-6-4-3-5-15(14)20/h3-6,12,17H,7-11,13H2,1-2H3. The van der Waals surface area contributed by atoms with Gasteiger partial charge < -0.3 is 10.1 Å². The molecular formula is C16H24N4O. The minimum absolute atomic E-state index is 0.146. The highest BCUT2D eigenvalue weighted by atomic mass is 16.5. The van der Waals surface area contributed by atoms with Crippen LogP contribution in [0.25, 0.3) is 5.52 Å². The van der Waals surface area contributed by atoms with Gasteiger partial charge in [0.2, 0.25) is 0 Å². The van der Waals surface area contributed by atoms with E-state index >= 15 is 0 Å². The average molecular weight is 288 g/mol. The van der Waals surface area contributed by atoms with Crippen molar-refractivity contribution in [1.29, 1.82) is 0 Å². The molecule has 0 spiro atoms. The first kappa shape index (κ1) is 14.5. The molecule has 1 aliphatic heterocycles. The molecule has 0 radical (unpaired) electrons. The van der Waals surface area contributed by atoms with Gasteiger partial charge in [0.1, 0.15) is 0 Å². The van der Waals surface area contributed by atoms with E-state index < -0.39 is 0 Å². The number of ether oxygens (including phenoxy) is 1. The summed E-state index contributed by atoms with van der Waals surface area (Å²) in [7, 11) is 0. The molecule has 2 aromatic rings. The summed E-state index contributed by atoms with van der Waals surface area (Å²) in [5.41, 5.74) is 2.56. The van der Waals surface area contributed by atoms with Gasteiger partial charge in [0.05, 0.1) is 24.9 Å².